The van der Waals surface area contributed by atoms with Gasteiger partial charge in [-0.2, -0.15) is 0 Å². The van der Waals surface area contributed by atoms with Crippen molar-refractivity contribution < 1.29 is 4.74 Å². The molecule has 1 unspecified atom stereocenters. The molecule has 0 aliphatic carbocycles. The number of thiazole rings is 1. The Labute approximate surface area is 118 Å². The Morgan fingerprint density at radius 2 is 2.26 bits per heavy atom. The van der Waals surface area contributed by atoms with Crippen LogP contribution in [0.25, 0.3) is 0 Å². The van der Waals surface area contributed by atoms with Gasteiger partial charge in [-0.1, -0.05) is 19.1 Å². The minimum atomic E-state index is 0.372. The maximum absolute atomic E-state index is 5.80. The number of aryl methyl sites for hydroxylation is 1. The Balaban J connectivity index is 2.02. The minimum Gasteiger partial charge on any atom is -0.487 e. The molecule has 0 aliphatic heterocycles. The van der Waals surface area contributed by atoms with Crippen molar-refractivity contribution in [2.24, 2.45) is 0 Å². The van der Waals surface area contributed by atoms with Gasteiger partial charge in [0, 0.05) is 11.4 Å². The lowest BCUT2D eigenvalue weighted by Gasteiger charge is -2.15. The van der Waals surface area contributed by atoms with E-state index in [0.29, 0.717) is 12.6 Å². The van der Waals surface area contributed by atoms with Crippen LogP contribution in [0.1, 0.15) is 36.7 Å². The molecule has 4 heteroatoms. The van der Waals surface area contributed by atoms with Crippen LogP contribution in [0.3, 0.4) is 0 Å². The van der Waals surface area contributed by atoms with E-state index in [1.54, 1.807) is 11.3 Å². The quantitative estimate of drug-likeness (QED) is 0.873. The average Bonchev–Trinajstić information content (AvgIpc) is 2.90. The number of nitrogens with zero attached hydrogens (tertiary/aromatic N) is 1. The zero-order valence-corrected chi connectivity index (χ0v) is 12.5. The van der Waals surface area contributed by atoms with Crippen LogP contribution < -0.4 is 10.1 Å². The lowest BCUT2D eigenvalue weighted by atomic mass is 10.1. The number of ether oxygens (including phenoxy) is 1. The molecule has 0 fully saturated rings. The highest BCUT2D eigenvalue weighted by Gasteiger charge is 2.07. The van der Waals surface area contributed by atoms with E-state index in [1.807, 2.05) is 17.0 Å². The first-order chi connectivity index (χ1) is 9.20. The van der Waals surface area contributed by atoms with E-state index in [-0.39, 0.29) is 0 Å². The predicted octanol–water partition coefficient (Wildman–Crippen LogP) is 3.70. The first-order valence-electron chi connectivity index (χ1n) is 6.54. The van der Waals surface area contributed by atoms with Gasteiger partial charge in [0.05, 0.1) is 11.2 Å². The van der Waals surface area contributed by atoms with Crippen molar-refractivity contribution in [2.45, 2.75) is 33.4 Å². The van der Waals surface area contributed by atoms with Gasteiger partial charge in [-0.15, -0.1) is 11.3 Å². The molecule has 0 radical (unpaired) electrons. The molecule has 2 aromatic rings. The highest BCUT2D eigenvalue weighted by Crippen LogP contribution is 2.23. The van der Waals surface area contributed by atoms with Crippen molar-refractivity contribution in [3.05, 3.63) is 45.9 Å². The summed E-state index contributed by atoms with van der Waals surface area (Å²) in [6.07, 6.45) is 0. The molecule has 1 heterocycles. The van der Waals surface area contributed by atoms with Crippen LogP contribution >= 0.6 is 11.3 Å². The van der Waals surface area contributed by atoms with E-state index < -0.39 is 0 Å². The smallest absolute Gasteiger partial charge is 0.131 e. The molecule has 1 N–H and O–H groups in total. The van der Waals surface area contributed by atoms with Gasteiger partial charge in [-0.25, -0.2) is 4.98 Å². The molecule has 2 rings (SSSR count). The first kappa shape index (κ1) is 14.0. The lowest BCUT2D eigenvalue weighted by molar-refractivity contribution is 0.300. The fourth-order valence-corrected chi connectivity index (χ4v) is 2.53. The van der Waals surface area contributed by atoms with Crippen LogP contribution in [0, 0.1) is 6.92 Å². The van der Waals surface area contributed by atoms with Crippen molar-refractivity contribution in [3.8, 4) is 5.75 Å². The van der Waals surface area contributed by atoms with Crippen LogP contribution in [0.5, 0.6) is 5.75 Å². The third-order valence-corrected chi connectivity index (χ3v) is 3.70. The van der Waals surface area contributed by atoms with E-state index in [1.165, 1.54) is 5.56 Å². The summed E-state index contributed by atoms with van der Waals surface area (Å²) in [6, 6.07) is 6.72. The number of hydrogen-bond acceptors (Lipinski definition) is 4. The molecule has 102 valence electrons. The van der Waals surface area contributed by atoms with Crippen molar-refractivity contribution in [1.29, 1.82) is 0 Å². The normalized spacial score (nSPS) is 12.4. The third kappa shape index (κ3) is 3.78. The summed E-state index contributed by atoms with van der Waals surface area (Å²) in [6.45, 7) is 7.88. The van der Waals surface area contributed by atoms with E-state index in [9.17, 15) is 0 Å². The molecule has 1 atom stereocenters. The van der Waals surface area contributed by atoms with Gasteiger partial charge < -0.3 is 10.1 Å². The van der Waals surface area contributed by atoms with Gasteiger partial charge in [0.2, 0.25) is 0 Å². The standard InChI is InChI=1S/C15H20N2OS/c1-4-16-12(3)13-5-6-15(11(2)7-13)18-8-14-9-19-10-17-14/h5-7,9-10,12,16H,4,8H2,1-3H3. The molecular weight excluding hydrogens is 256 g/mol. The maximum atomic E-state index is 5.80. The fourth-order valence-electron chi connectivity index (χ4n) is 1.99. The molecule has 0 saturated heterocycles. The van der Waals surface area contributed by atoms with Gasteiger partial charge in [0.1, 0.15) is 12.4 Å². The second-order valence-electron chi connectivity index (χ2n) is 4.57. The predicted molar refractivity (Wildman–Crippen MR) is 79.7 cm³/mol. The molecule has 0 spiro atoms. The number of nitrogens with one attached hydrogen (secondary N) is 1. The molecule has 1 aromatic heterocycles. The number of hydrogen-bond donors (Lipinski definition) is 1. The van der Waals surface area contributed by atoms with Crippen LogP contribution in [0.15, 0.2) is 29.1 Å². The monoisotopic (exact) mass is 276 g/mol. The molecule has 0 bridgehead atoms. The molecular formula is C15H20N2OS. The van der Waals surface area contributed by atoms with Crippen molar-refractivity contribution >= 4 is 11.3 Å². The number of rotatable bonds is 6. The van der Waals surface area contributed by atoms with Crippen LogP contribution in [0.4, 0.5) is 0 Å². The SMILES string of the molecule is CCNC(C)c1ccc(OCc2cscn2)c(C)c1. The Morgan fingerprint density at radius 1 is 1.42 bits per heavy atom. The topological polar surface area (TPSA) is 34.1 Å². The van der Waals surface area contributed by atoms with Gasteiger partial charge in [0.25, 0.3) is 0 Å². The zero-order chi connectivity index (χ0) is 13.7. The summed E-state index contributed by atoms with van der Waals surface area (Å²) in [4.78, 5) is 4.21. The number of benzene rings is 1. The summed E-state index contributed by atoms with van der Waals surface area (Å²) < 4.78 is 5.80. The van der Waals surface area contributed by atoms with Crippen molar-refractivity contribution in [3.63, 3.8) is 0 Å². The third-order valence-electron chi connectivity index (χ3n) is 3.07. The molecule has 0 amide bonds. The Kier molecular flexibility index (Phi) is 4.93. The molecule has 19 heavy (non-hydrogen) atoms. The van der Waals surface area contributed by atoms with E-state index in [2.05, 4.69) is 43.2 Å². The Morgan fingerprint density at radius 3 is 2.89 bits per heavy atom. The Bertz CT molecular complexity index is 511. The molecule has 3 nitrogen and oxygen atoms in total. The van der Waals surface area contributed by atoms with E-state index in [0.717, 1.165) is 23.6 Å². The maximum Gasteiger partial charge on any atom is 0.131 e. The highest BCUT2D eigenvalue weighted by molar-refractivity contribution is 7.07. The van der Waals surface area contributed by atoms with Crippen molar-refractivity contribution in [1.82, 2.24) is 10.3 Å². The fraction of sp³-hybridized carbons (Fsp3) is 0.400. The summed E-state index contributed by atoms with van der Waals surface area (Å²) >= 11 is 1.59. The minimum absolute atomic E-state index is 0.372. The van der Waals surface area contributed by atoms with Gasteiger partial charge >= 0.3 is 0 Å². The second kappa shape index (κ2) is 6.68. The van der Waals surface area contributed by atoms with Gasteiger partial charge in [-0.3, -0.25) is 0 Å². The lowest BCUT2D eigenvalue weighted by Crippen LogP contribution is -2.17. The second-order valence-corrected chi connectivity index (χ2v) is 5.29. The Hall–Kier alpha value is -1.39. The van der Waals surface area contributed by atoms with Crippen molar-refractivity contribution in [2.75, 3.05) is 6.54 Å². The van der Waals surface area contributed by atoms with Crippen LogP contribution in [0.2, 0.25) is 0 Å². The molecule has 0 saturated carbocycles. The molecule has 1 aromatic carbocycles. The van der Waals surface area contributed by atoms with Gasteiger partial charge in [-0.05, 0) is 37.6 Å². The van der Waals surface area contributed by atoms with Gasteiger partial charge in [0.15, 0.2) is 0 Å². The van der Waals surface area contributed by atoms with Crippen LogP contribution in [-0.2, 0) is 6.61 Å². The zero-order valence-electron chi connectivity index (χ0n) is 11.6. The van der Waals surface area contributed by atoms with Crippen LogP contribution in [-0.4, -0.2) is 11.5 Å². The summed E-state index contributed by atoms with van der Waals surface area (Å²) in [5, 5.41) is 5.42. The summed E-state index contributed by atoms with van der Waals surface area (Å²) in [5.74, 6) is 0.931. The van der Waals surface area contributed by atoms with E-state index in [4.69, 9.17) is 4.74 Å². The van der Waals surface area contributed by atoms with E-state index >= 15 is 0 Å². The molecule has 0 aliphatic rings. The largest absolute Gasteiger partial charge is 0.487 e. The summed E-state index contributed by atoms with van der Waals surface area (Å²) in [5.41, 5.74) is 5.26. The summed E-state index contributed by atoms with van der Waals surface area (Å²) in [7, 11) is 0. The first-order valence-corrected chi connectivity index (χ1v) is 7.48. The average molecular weight is 276 g/mol. The number of aromatic nitrogens is 1. The highest BCUT2D eigenvalue weighted by atomic mass is 32.1.